The SMILES string of the molecule is COC(=O)c1cccc(N(C(=O)Cc2cccs2)C(C(=O)NC2CCCCC2)c2ccc(F)cc2)c1. The Morgan fingerprint density at radius 2 is 1.81 bits per heavy atom. The van der Waals surface area contributed by atoms with E-state index < -0.39 is 17.8 Å². The van der Waals surface area contributed by atoms with E-state index in [4.69, 9.17) is 4.74 Å². The predicted octanol–water partition coefficient (Wildman–Crippen LogP) is 5.44. The molecule has 0 saturated heterocycles. The maximum atomic E-state index is 13.8. The second kappa shape index (κ2) is 11.9. The molecule has 8 heteroatoms. The van der Waals surface area contributed by atoms with Crippen molar-refractivity contribution in [3.05, 3.63) is 87.9 Å². The van der Waals surface area contributed by atoms with Gasteiger partial charge in [0.2, 0.25) is 11.8 Å². The van der Waals surface area contributed by atoms with E-state index in [1.165, 1.54) is 47.6 Å². The van der Waals surface area contributed by atoms with Gasteiger partial charge in [0.05, 0.1) is 19.1 Å². The van der Waals surface area contributed by atoms with Gasteiger partial charge in [0, 0.05) is 16.6 Å². The van der Waals surface area contributed by atoms with Gasteiger partial charge < -0.3 is 10.1 Å². The van der Waals surface area contributed by atoms with Crippen molar-refractivity contribution in [2.24, 2.45) is 0 Å². The van der Waals surface area contributed by atoms with Crippen LogP contribution in [0, 0.1) is 5.82 Å². The molecule has 0 aliphatic heterocycles. The lowest BCUT2D eigenvalue weighted by Crippen LogP contribution is -2.47. The summed E-state index contributed by atoms with van der Waals surface area (Å²) in [6.45, 7) is 0. The molecule has 6 nitrogen and oxygen atoms in total. The van der Waals surface area contributed by atoms with Crippen molar-refractivity contribution in [3.63, 3.8) is 0 Å². The standard InChI is InChI=1S/C28H29FN2O4S/c1-35-28(34)20-7-5-10-23(17-20)31(25(32)18-24-11-6-16-36-24)26(19-12-14-21(29)15-13-19)27(33)30-22-8-3-2-4-9-22/h5-7,10-17,22,26H,2-4,8-9,18H2,1H3,(H,30,33). The van der Waals surface area contributed by atoms with Crippen LogP contribution in [0.4, 0.5) is 10.1 Å². The molecule has 1 heterocycles. The van der Waals surface area contributed by atoms with E-state index in [1.54, 1.807) is 24.3 Å². The van der Waals surface area contributed by atoms with Gasteiger partial charge in [0.25, 0.3) is 0 Å². The molecule has 3 aromatic rings. The molecule has 2 amide bonds. The van der Waals surface area contributed by atoms with E-state index in [9.17, 15) is 18.8 Å². The van der Waals surface area contributed by atoms with Gasteiger partial charge in [0.15, 0.2) is 0 Å². The second-order valence-electron chi connectivity index (χ2n) is 8.86. The van der Waals surface area contributed by atoms with Crippen LogP contribution < -0.4 is 10.2 Å². The van der Waals surface area contributed by atoms with Gasteiger partial charge in [-0.3, -0.25) is 14.5 Å². The highest BCUT2D eigenvalue weighted by Gasteiger charge is 2.34. The van der Waals surface area contributed by atoms with Crippen LogP contribution in [0.1, 0.15) is 58.9 Å². The maximum absolute atomic E-state index is 13.8. The van der Waals surface area contributed by atoms with Crippen molar-refractivity contribution in [3.8, 4) is 0 Å². The molecule has 188 valence electrons. The number of thiophene rings is 1. The Bertz CT molecular complexity index is 1190. The highest BCUT2D eigenvalue weighted by atomic mass is 32.1. The van der Waals surface area contributed by atoms with E-state index >= 15 is 0 Å². The lowest BCUT2D eigenvalue weighted by Gasteiger charge is -2.33. The third kappa shape index (κ3) is 6.18. The molecule has 36 heavy (non-hydrogen) atoms. The van der Waals surface area contributed by atoms with Crippen LogP contribution in [0.15, 0.2) is 66.0 Å². The summed E-state index contributed by atoms with van der Waals surface area (Å²) < 4.78 is 18.7. The van der Waals surface area contributed by atoms with Gasteiger partial charge in [0.1, 0.15) is 11.9 Å². The lowest BCUT2D eigenvalue weighted by atomic mass is 9.94. The topological polar surface area (TPSA) is 75.7 Å². The molecule has 1 aliphatic carbocycles. The van der Waals surface area contributed by atoms with Gasteiger partial charge in [-0.2, -0.15) is 0 Å². The highest BCUT2D eigenvalue weighted by Crippen LogP contribution is 2.31. The van der Waals surface area contributed by atoms with Crippen molar-refractivity contribution in [1.29, 1.82) is 0 Å². The molecule has 4 rings (SSSR count). The summed E-state index contributed by atoms with van der Waals surface area (Å²) in [7, 11) is 1.29. The van der Waals surface area contributed by atoms with E-state index in [0.29, 0.717) is 11.3 Å². The summed E-state index contributed by atoms with van der Waals surface area (Å²) in [6.07, 6.45) is 5.04. The summed E-state index contributed by atoms with van der Waals surface area (Å²) >= 11 is 1.45. The molecule has 1 saturated carbocycles. The third-order valence-corrected chi connectivity index (χ3v) is 7.24. The van der Waals surface area contributed by atoms with Gasteiger partial charge in [-0.1, -0.05) is 43.5 Å². The maximum Gasteiger partial charge on any atom is 0.337 e. The fourth-order valence-electron chi connectivity index (χ4n) is 4.57. The zero-order valence-corrected chi connectivity index (χ0v) is 20.9. The molecule has 1 aromatic heterocycles. The summed E-state index contributed by atoms with van der Waals surface area (Å²) in [6, 6.07) is 14.8. The van der Waals surface area contributed by atoms with Crippen LogP contribution in [0.5, 0.6) is 0 Å². The largest absolute Gasteiger partial charge is 0.465 e. The van der Waals surface area contributed by atoms with Crippen molar-refractivity contribution in [2.75, 3.05) is 12.0 Å². The van der Waals surface area contributed by atoms with Crippen LogP contribution in [0.25, 0.3) is 0 Å². The molecule has 1 N–H and O–H groups in total. The Kier molecular flexibility index (Phi) is 8.48. The normalized spacial score (nSPS) is 14.6. The first-order valence-corrected chi connectivity index (χ1v) is 12.9. The van der Waals surface area contributed by atoms with Gasteiger partial charge in [-0.05, 0) is 60.2 Å². The Morgan fingerprint density at radius 1 is 1.06 bits per heavy atom. The van der Waals surface area contributed by atoms with E-state index in [1.807, 2.05) is 17.5 Å². The number of anilines is 1. The minimum absolute atomic E-state index is 0.0184. The Morgan fingerprint density at radius 3 is 2.47 bits per heavy atom. The number of rotatable bonds is 8. The van der Waals surface area contributed by atoms with Crippen LogP contribution >= 0.6 is 11.3 Å². The second-order valence-corrected chi connectivity index (χ2v) is 9.89. The molecule has 1 fully saturated rings. The summed E-state index contributed by atoms with van der Waals surface area (Å²) in [4.78, 5) is 42.1. The Labute approximate surface area is 214 Å². The first kappa shape index (κ1) is 25.6. The Balaban J connectivity index is 1.78. The van der Waals surface area contributed by atoms with Crippen molar-refractivity contribution >= 4 is 34.8 Å². The number of nitrogens with zero attached hydrogens (tertiary/aromatic N) is 1. The van der Waals surface area contributed by atoms with Crippen LogP contribution in [0.3, 0.4) is 0 Å². The first-order valence-electron chi connectivity index (χ1n) is 12.0. The van der Waals surface area contributed by atoms with Gasteiger partial charge in [-0.25, -0.2) is 9.18 Å². The van der Waals surface area contributed by atoms with Crippen LogP contribution in [-0.4, -0.2) is 30.9 Å². The molecule has 0 bridgehead atoms. The number of amides is 2. The number of halogens is 1. The zero-order chi connectivity index (χ0) is 25.5. The molecule has 0 radical (unpaired) electrons. The van der Waals surface area contributed by atoms with E-state index in [-0.39, 0.29) is 29.8 Å². The summed E-state index contributed by atoms with van der Waals surface area (Å²) in [5.41, 5.74) is 1.12. The first-order chi connectivity index (χ1) is 17.5. The van der Waals surface area contributed by atoms with Crippen molar-refractivity contribution in [2.45, 2.75) is 50.6 Å². The number of ether oxygens (including phenoxy) is 1. The quantitative estimate of drug-likeness (QED) is 0.411. The fourth-order valence-corrected chi connectivity index (χ4v) is 5.27. The predicted molar refractivity (Wildman–Crippen MR) is 137 cm³/mol. The smallest absolute Gasteiger partial charge is 0.337 e. The number of carbonyl (C=O) groups is 3. The molecular weight excluding hydrogens is 479 g/mol. The monoisotopic (exact) mass is 508 g/mol. The average molecular weight is 509 g/mol. The van der Waals surface area contributed by atoms with Gasteiger partial charge in [-0.15, -0.1) is 11.3 Å². The zero-order valence-electron chi connectivity index (χ0n) is 20.1. The molecule has 2 aromatic carbocycles. The number of benzene rings is 2. The minimum atomic E-state index is -1.05. The number of hydrogen-bond donors (Lipinski definition) is 1. The minimum Gasteiger partial charge on any atom is -0.465 e. The Hall–Kier alpha value is -3.52. The highest BCUT2D eigenvalue weighted by molar-refractivity contribution is 7.10. The van der Waals surface area contributed by atoms with Crippen molar-refractivity contribution < 1.29 is 23.5 Å². The average Bonchev–Trinajstić information content (AvgIpc) is 3.41. The van der Waals surface area contributed by atoms with Crippen LogP contribution in [0.2, 0.25) is 0 Å². The molecule has 0 spiro atoms. The van der Waals surface area contributed by atoms with Crippen molar-refractivity contribution in [1.82, 2.24) is 5.32 Å². The number of nitrogens with one attached hydrogen (secondary N) is 1. The van der Waals surface area contributed by atoms with Crippen LogP contribution in [-0.2, 0) is 20.7 Å². The number of hydrogen-bond acceptors (Lipinski definition) is 5. The molecule has 1 aliphatic rings. The summed E-state index contributed by atoms with van der Waals surface area (Å²) in [5, 5.41) is 5.02. The number of carbonyl (C=O) groups excluding carboxylic acids is 3. The fraction of sp³-hybridized carbons (Fsp3) is 0.321. The molecule has 1 unspecified atom stereocenters. The number of esters is 1. The van der Waals surface area contributed by atoms with Gasteiger partial charge >= 0.3 is 5.97 Å². The molecular formula is C28H29FN2O4S. The third-order valence-electron chi connectivity index (χ3n) is 6.36. The van der Waals surface area contributed by atoms with E-state index in [0.717, 1.165) is 37.0 Å². The number of methoxy groups -OCH3 is 1. The lowest BCUT2D eigenvalue weighted by molar-refractivity contribution is -0.127. The summed E-state index contributed by atoms with van der Waals surface area (Å²) in [5.74, 6) is -1.63. The molecule has 1 atom stereocenters. The van der Waals surface area contributed by atoms with E-state index in [2.05, 4.69) is 5.32 Å².